The SMILES string of the molecule is CC1(C)COC2(CO1)COC(C)(C)CO2.CC1(C)COC2(COC(C)(C)OC2)OC1. The molecule has 4 rings (SSSR count). The molecule has 8 heteroatoms. The quantitative estimate of drug-likeness (QED) is 0.579. The topological polar surface area (TPSA) is 73.8 Å². The van der Waals surface area contributed by atoms with E-state index in [4.69, 9.17) is 37.9 Å². The molecule has 0 saturated carbocycles. The molecule has 30 heavy (non-hydrogen) atoms. The van der Waals surface area contributed by atoms with Crippen molar-refractivity contribution in [1.29, 1.82) is 0 Å². The van der Waals surface area contributed by atoms with Crippen molar-refractivity contribution < 1.29 is 37.9 Å². The second kappa shape index (κ2) is 8.23. The van der Waals surface area contributed by atoms with Crippen LogP contribution in [0.15, 0.2) is 0 Å². The molecule has 4 saturated heterocycles. The summed E-state index contributed by atoms with van der Waals surface area (Å²) in [6.07, 6.45) is 0. The fourth-order valence-electron chi connectivity index (χ4n) is 3.11. The van der Waals surface area contributed by atoms with Gasteiger partial charge in [-0.15, -0.1) is 0 Å². The predicted octanol–water partition coefficient (Wildman–Crippen LogP) is 2.87. The van der Waals surface area contributed by atoms with Crippen LogP contribution < -0.4 is 0 Å². The van der Waals surface area contributed by atoms with Crippen LogP contribution in [0.1, 0.15) is 55.4 Å². The Kier molecular flexibility index (Phi) is 6.67. The molecule has 4 fully saturated rings. The third-order valence-electron chi connectivity index (χ3n) is 5.46. The summed E-state index contributed by atoms with van der Waals surface area (Å²) in [4.78, 5) is 0. The molecule has 2 spiro atoms. The van der Waals surface area contributed by atoms with Crippen LogP contribution in [0.5, 0.6) is 0 Å². The number of rotatable bonds is 0. The first-order valence-corrected chi connectivity index (χ1v) is 10.8. The first kappa shape index (κ1) is 24.3. The highest BCUT2D eigenvalue weighted by atomic mass is 16.8. The van der Waals surface area contributed by atoms with Gasteiger partial charge in [0.15, 0.2) is 5.79 Å². The molecule has 4 aliphatic rings. The lowest BCUT2D eigenvalue weighted by atomic mass is 9.94. The highest BCUT2D eigenvalue weighted by Crippen LogP contribution is 2.34. The lowest BCUT2D eigenvalue weighted by Crippen LogP contribution is -2.60. The van der Waals surface area contributed by atoms with Gasteiger partial charge in [-0.2, -0.15) is 0 Å². The number of hydrogen-bond donors (Lipinski definition) is 0. The fourth-order valence-corrected chi connectivity index (χ4v) is 3.11. The zero-order chi connectivity index (χ0) is 22.3. The second-order valence-corrected chi connectivity index (χ2v) is 11.2. The molecule has 0 radical (unpaired) electrons. The molecule has 0 bridgehead atoms. The zero-order valence-electron chi connectivity index (χ0n) is 19.9. The summed E-state index contributed by atoms with van der Waals surface area (Å²) in [7, 11) is 0. The van der Waals surface area contributed by atoms with Crippen molar-refractivity contribution in [3.63, 3.8) is 0 Å². The summed E-state index contributed by atoms with van der Waals surface area (Å²) in [6, 6.07) is 0. The molecular weight excluding hydrogens is 392 g/mol. The molecule has 176 valence electrons. The van der Waals surface area contributed by atoms with Gasteiger partial charge in [0.25, 0.3) is 0 Å². The van der Waals surface area contributed by atoms with E-state index >= 15 is 0 Å². The summed E-state index contributed by atoms with van der Waals surface area (Å²) in [6.45, 7) is 20.3. The molecule has 0 atom stereocenters. The molecule has 0 aromatic heterocycles. The summed E-state index contributed by atoms with van der Waals surface area (Å²) in [5.41, 5.74) is -0.360. The molecule has 0 aliphatic carbocycles. The first-order valence-electron chi connectivity index (χ1n) is 10.8. The Balaban J connectivity index is 0.000000171. The van der Waals surface area contributed by atoms with E-state index in [-0.39, 0.29) is 16.6 Å². The lowest BCUT2D eigenvalue weighted by Gasteiger charge is -2.47. The van der Waals surface area contributed by atoms with E-state index in [9.17, 15) is 0 Å². The van der Waals surface area contributed by atoms with E-state index in [0.717, 1.165) is 0 Å². The normalized spacial score (nSPS) is 32.8. The van der Waals surface area contributed by atoms with Crippen LogP contribution in [-0.4, -0.2) is 81.4 Å². The van der Waals surface area contributed by atoms with Gasteiger partial charge in [0, 0.05) is 5.41 Å². The van der Waals surface area contributed by atoms with Gasteiger partial charge in [0.2, 0.25) is 11.6 Å². The van der Waals surface area contributed by atoms with Crippen LogP contribution in [0, 0.1) is 5.41 Å². The van der Waals surface area contributed by atoms with Crippen molar-refractivity contribution in [1.82, 2.24) is 0 Å². The van der Waals surface area contributed by atoms with Gasteiger partial charge >= 0.3 is 0 Å². The Morgan fingerprint density at radius 3 is 1.03 bits per heavy atom. The van der Waals surface area contributed by atoms with E-state index in [1.807, 2.05) is 41.5 Å². The van der Waals surface area contributed by atoms with E-state index in [0.29, 0.717) is 52.9 Å². The maximum atomic E-state index is 5.74. The molecule has 0 aromatic rings. The maximum absolute atomic E-state index is 5.74. The smallest absolute Gasteiger partial charge is 0.216 e. The van der Waals surface area contributed by atoms with E-state index in [1.165, 1.54) is 0 Å². The third kappa shape index (κ3) is 6.36. The Morgan fingerprint density at radius 1 is 0.367 bits per heavy atom. The fraction of sp³-hybridized carbons (Fsp3) is 1.00. The van der Waals surface area contributed by atoms with Crippen LogP contribution in [-0.2, 0) is 37.9 Å². The molecule has 0 unspecified atom stereocenters. The van der Waals surface area contributed by atoms with Crippen LogP contribution >= 0.6 is 0 Å². The summed E-state index contributed by atoms with van der Waals surface area (Å²) in [5.74, 6) is -1.87. The van der Waals surface area contributed by atoms with Crippen molar-refractivity contribution in [2.45, 2.75) is 84.0 Å². The molecule has 0 amide bonds. The lowest BCUT2D eigenvalue weighted by molar-refractivity contribution is -0.401. The van der Waals surface area contributed by atoms with Gasteiger partial charge in [-0.1, -0.05) is 13.8 Å². The van der Waals surface area contributed by atoms with Gasteiger partial charge in [0.05, 0.1) is 37.6 Å². The average molecular weight is 433 g/mol. The summed E-state index contributed by atoms with van der Waals surface area (Å²) >= 11 is 0. The van der Waals surface area contributed by atoms with Gasteiger partial charge in [-0.05, 0) is 41.5 Å². The van der Waals surface area contributed by atoms with Crippen molar-refractivity contribution in [2.24, 2.45) is 5.41 Å². The summed E-state index contributed by atoms with van der Waals surface area (Å²) < 4.78 is 45.5. The zero-order valence-corrected chi connectivity index (χ0v) is 19.9. The maximum Gasteiger partial charge on any atom is 0.216 e. The highest BCUT2D eigenvalue weighted by Gasteiger charge is 2.47. The Hall–Kier alpha value is -0.320. The van der Waals surface area contributed by atoms with Crippen molar-refractivity contribution >= 4 is 0 Å². The molecule has 8 nitrogen and oxygen atoms in total. The molecule has 0 N–H and O–H groups in total. The van der Waals surface area contributed by atoms with Gasteiger partial charge in [-0.25, -0.2) is 0 Å². The standard InChI is InChI=1S/2C11H20O4/c1-9(2)5-14-11(7-12-9)8-13-10(3,4)6-15-11;1-9(2)5-14-11(15-6-9)7-12-10(3,4)13-8-11/h2*5-8H2,1-4H3. The Morgan fingerprint density at radius 2 is 0.700 bits per heavy atom. The minimum atomic E-state index is -0.676. The highest BCUT2D eigenvalue weighted by molar-refractivity contribution is 4.86. The average Bonchev–Trinajstić information content (AvgIpc) is 2.66. The predicted molar refractivity (Wildman–Crippen MR) is 109 cm³/mol. The molecule has 4 heterocycles. The van der Waals surface area contributed by atoms with Crippen LogP contribution in [0.4, 0.5) is 0 Å². The summed E-state index contributed by atoms with van der Waals surface area (Å²) in [5, 5.41) is 0. The number of hydrogen-bond acceptors (Lipinski definition) is 8. The van der Waals surface area contributed by atoms with Gasteiger partial charge in [0.1, 0.15) is 26.4 Å². The third-order valence-corrected chi connectivity index (χ3v) is 5.46. The van der Waals surface area contributed by atoms with Crippen LogP contribution in [0.25, 0.3) is 0 Å². The van der Waals surface area contributed by atoms with Crippen molar-refractivity contribution in [3.8, 4) is 0 Å². The molecule has 0 aromatic carbocycles. The molecule has 4 aliphatic heterocycles. The van der Waals surface area contributed by atoms with Crippen molar-refractivity contribution in [3.05, 3.63) is 0 Å². The largest absolute Gasteiger partial charge is 0.367 e. The van der Waals surface area contributed by atoms with Crippen LogP contribution in [0.3, 0.4) is 0 Å². The van der Waals surface area contributed by atoms with E-state index in [2.05, 4.69) is 13.8 Å². The molecular formula is C22H40O8. The monoisotopic (exact) mass is 432 g/mol. The van der Waals surface area contributed by atoms with E-state index in [1.54, 1.807) is 0 Å². The van der Waals surface area contributed by atoms with Gasteiger partial charge < -0.3 is 37.9 Å². The van der Waals surface area contributed by atoms with E-state index < -0.39 is 17.4 Å². The van der Waals surface area contributed by atoms with Gasteiger partial charge in [-0.3, -0.25) is 0 Å². The van der Waals surface area contributed by atoms with Crippen LogP contribution in [0.2, 0.25) is 0 Å². The minimum Gasteiger partial charge on any atom is -0.367 e. The number of ether oxygens (including phenoxy) is 8. The second-order valence-electron chi connectivity index (χ2n) is 11.2. The Bertz CT molecular complexity index is 447. The minimum absolute atomic E-state index is 0.0816. The Labute approximate surface area is 180 Å². The first-order chi connectivity index (χ1) is 13.7. The van der Waals surface area contributed by atoms with Crippen molar-refractivity contribution in [2.75, 3.05) is 52.9 Å².